The van der Waals surface area contributed by atoms with Crippen LogP contribution in [0.5, 0.6) is 5.75 Å². The lowest BCUT2D eigenvalue weighted by atomic mass is 10.0. The van der Waals surface area contributed by atoms with Crippen LogP contribution in [-0.2, 0) is 31.0 Å². The number of hydrogen-bond acceptors (Lipinski definition) is 8. The van der Waals surface area contributed by atoms with E-state index in [-0.39, 0.29) is 23.0 Å². The third-order valence-electron chi connectivity index (χ3n) is 7.08. The summed E-state index contributed by atoms with van der Waals surface area (Å²) in [4.78, 5) is 42.2. The quantitative estimate of drug-likeness (QED) is 0.277. The number of carboxylic acids is 1. The molecule has 262 valence electrons. The Kier molecular flexibility index (Phi) is 11.4. The molecule has 1 aliphatic heterocycles. The van der Waals surface area contributed by atoms with Crippen LogP contribution in [0.15, 0.2) is 60.7 Å². The third kappa shape index (κ3) is 11.4. The zero-order valence-corrected chi connectivity index (χ0v) is 29.4. The van der Waals surface area contributed by atoms with Gasteiger partial charge in [0.05, 0.1) is 0 Å². The Morgan fingerprint density at radius 1 is 0.918 bits per heavy atom. The van der Waals surface area contributed by atoms with Crippen LogP contribution in [0.3, 0.4) is 0 Å². The molecule has 1 heterocycles. The third-order valence-corrected chi connectivity index (χ3v) is 8.44. The van der Waals surface area contributed by atoms with Gasteiger partial charge in [0.2, 0.25) is 0 Å². The number of aliphatic carboxylic acids is 1. The van der Waals surface area contributed by atoms with E-state index in [2.05, 4.69) is 15.6 Å². The lowest BCUT2D eigenvalue weighted by molar-refractivity contribution is -0.137. The van der Waals surface area contributed by atoms with Crippen molar-refractivity contribution >= 4 is 44.8 Å². The van der Waals surface area contributed by atoms with E-state index in [1.807, 2.05) is 69.3 Å². The maximum absolute atomic E-state index is 12.9. The average Bonchev–Trinajstić information content (AvgIpc) is 3.00. The van der Waals surface area contributed by atoms with Gasteiger partial charge in [-0.2, -0.15) is 17.4 Å². The molecule has 2 N–H and O–H groups in total. The van der Waals surface area contributed by atoms with Gasteiger partial charge in [-0.1, -0.05) is 18.2 Å². The molecule has 0 radical (unpaired) electrons. The average molecular weight is 696 g/mol. The van der Waals surface area contributed by atoms with Crippen LogP contribution in [0, 0.1) is 6.07 Å². The fraction of sp³-hybridized carbons (Fsp3) is 0.429. The van der Waals surface area contributed by atoms with Gasteiger partial charge in [0, 0.05) is 44.6 Å². The van der Waals surface area contributed by atoms with Gasteiger partial charge in [0.1, 0.15) is 35.2 Å². The summed E-state index contributed by atoms with van der Waals surface area (Å²) in [6.07, 6.45) is -0.192. The molecule has 0 unspecified atom stereocenters. The molecule has 0 aromatic heterocycles. The number of nitrogens with one attached hydrogen (secondary N) is 1. The molecule has 0 bridgehead atoms. The second kappa shape index (κ2) is 15.1. The molecule has 4 rings (SSSR count). The molecule has 2 amide bonds. The Bertz CT molecular complexity index is 1850. The number of carbonyl (C=O) groups is 3. The Hall–Kier alpha value is -4.87. The highest BCUT2D eigenvalue weighted by atomic mass is 32.2. The highest BCUT2D eigenvalue weighted by Crippen LogP contribution is 2.24. The number of amides is 2. The topological polar surface area (TPSA) is 156 Å². The van der Waals surface area contributed by atoms with Gasteiger partial charge < -0.3 is 24.2 Å². The monoisotopic (exact) mass is 695 g/mol. The van der Waals surface area contributed by atoms with Crippen molar-refractivity contribution in [2.24, 2.45) is 0 Å². The second-order valence-electron chi connectivity index (χ2n) is 13.6. The molecule has 3 aromatic carbocycles. The van der Waals surface area contributed by atoms with Gasteiger partial charge in [0.15, 0.2) is 0 Å². The lowest BCUT2D eigenvalue weighted by Crippen LogP contribution is -2.48. The molecular formula is C35H43N4O9S+. The van der Waals surface area contributed by atoms with Gasteiger partial charge in [-0.15, -0.1) is 0 Å². The van der Waals surface area contributed by atoms with Crippen molar-refractivity contribution in [2.45, 2.75) is 78.2 Å². The van der Waals surface area contributed by atoms with Crippen molar-refractivity contribution in [1.82, 2.24) is 13.9 Å². The summed E-state index contributed by atoms with van der Waals surface area (Å²) in [6.45, 7) is 10.0. The van der Waals surface area contributed by atoms with E-state index < -0.39 is 40.0 Å². The predicted molar refractivity (Wildman–Crippen MR) is 184 cm³/mol. The summed E-state index contributed by atoms with van der Waals surface area (Å²) in [6, 6.07) is 21.3. The molecular weight excluding hydrogens is 652 g/mol. The SMILES string of the molecule is CC(C)(C)OC(=O)N1CCC(Oc2ccc([N+]#Cc3ccc4ccc(CNS(=O)(=O)N(CC(=O)O)C(=O)OC(C)(C)C)cc4c3)cc2)CC1. The van der Waals surface area contributed by atoms with Crippen LogP contribution in [0.1, 0.15) is 65.5 Å². The molecule has 0 spiro atoms. The highest BCUT2D eigenvalue weighted by molar-refractivity contribution is 7.87. The Morgan fingerprint density at radius 2 is 1.55 bits per heavy atom. The minimum absolute atomic E-state index is 0.00828. The van der Waals surface area contributed by atoms with E-state index in [1.165, 1.54) is 0 Å². The van der Waals surface area contributed by atoms with E-state index in [1.54, 1.807) is 37.8 Å². The first-order chi connectivity index (χ1) is 22.9. The summed E-state index contributed by atoms with van der Waals surface area (Å²) in [5.41, 5.74) is 0.391. The van der Waals surface area contributed by atoms with Gasteiger partial charge in [-0.05, 0) is 93.1 Å². The molecule has 49 heavy (non-hydrogen) atoms. The fourth-order valence-electron chi connectivity index (χ4n) is 4.81. The summed E-state index contributed by atoms with van der Waals surface area (Å²) in [5.74, 6) is -0.800. The molecule has 13 nitrogen and oxygen atoms in total. The first-order valence-corrected chi connectivity index (χ1v) is 17.3. The van der Waals surface area contributed by atoms with E-state index >= 15 is 0 Å². The minimum atomic E-state index is -4.54. The van der Waals surface area contributed by atoms with Crippen LogP contribution in [0.2, 0.25) is 0 Å². The van der Waals surface area contributed by atoms with Crippen LogP contribution in [0.25, 0.3) is 15.6 Å². The Morgan fingerprint density at radius 3 is 2.16 bits per heavy atom. The lowest BCUT2D eigenvalue weighted by Gasteiger charge is -2.33. The predicted octanol–water partition coefficient (Wildman–Crippen LogP) is 6.29. The highest BCUT2D eigenvalue weighted by Gasteiger charge is 2.33. The standard InChI is InChI=1S/C35H42N4O9S/c1-34(2,3)47-32(42)38-17-15-30(16-18-38)46-29-13-11-28(12-14-29)36-21-24-7-9-26-10-8-25(20-27(26)19-24)22-37-49(44,45)39(23-31(40)41)33(43)48-35(4,5)6/h7-14,19-20,30,37H,15-18,22-23H2,1-6H3/p+1. The van der Waals surface area contributed by atoms with Crippen LogP contribution in [0.4, 0.5) is 15.3 Å². The number of hydrogen-bond donors (Lipinski definition) is 2. The number of fused-ring (bicyclic) bond motifs is 1. The van der Waals surface area contributed by atoms with Gasteiger partial charge in [0.25, 0.3) is 0 Å². The molecule has 0 aliphatic carbocycles. The van der Waals surface area contributed by atoms with Gasteiger partial charge in [-0.3, -0.25) is 4.79 Å². The summed E-state index contributed by atoms with van der Waals surface area (Å²) in [7, 11) is -4.54. The van der Waals surface area contributed by atoms with Crippen molar-refractivity contribution in [2.75, 3.05) is 19.6 Å². The molecule has 1 aliphatic rings. The van der Waals surface area contributed by atoms with Crippen LogP contribution >= 0.6 is 0 Å². The number of ether oxygens (including phenoxy) is 3. The van der Waals surface area contributed by atoms with E-state index in [4.69, 9.17) is 14.2 Å². The van der Waals surface area contributed by atoms with Gasteiger partial charge >= 0.3 is 40.1 Å². The fourth-order valence-corrected chi connectivity index (χ4v) is 5.83. The Labute approximate surface area is 286 Å². The van der Waals surface area contributed by atoms with E-state index in [0.717, 1.165) is 10.8 Å². The van der Waals surface area contributed by atoms with Crippen molar-refractivity contribution in [3.8, 4) is 11.8 Å². The number of nitrogens with zero attached hydrogens (tertiary/aromatic N) is 3. The zero-order valence-electron chi connectivity index (χ0n) is 28.6. The largest absolute Gasteiger partial charge is 0.490 e. The van der Waals surface area contributed by atoms with Crippen molar-refractivity contribution in [1.29, 1.82) is 0 Å². The second-order valence-corrected chi connectivity index (χ2v) is 15.3. The van der Waals surface area contributed by atoms with Crippen LogP contribution < -0.4 is 9.46 Å². The summed E-state index contributed by atoms with van der Waals surface area (Å²) in [5, 5.41) is 10.9. The van der Waals surface area contributed by atoms with E-state index in [9.17, 15) is 27.9 Å². The summed E-state index contributed by atoms with van der Waals surface area (Å²) >= 11 is 0. The van der Waals surface area contributed by atoms with Crippen LogP contribution in [-0.4, -0.2) is 77.8 Å². The van der Waals surface area contributed by atoms with Gasteiger partial charge in [-0.25, -0.2) is 9.59 Å². The number of rotatable bonds is 8. The van der Waals surface area contributed by atoms with Crippen molar-refractivity contribution in [3.05, 3.63) is 76.6 Å². The smallest absolute Gasteiger partial charge is 0.425 e. The van der Waals surface area contributed by atoms with Crippen molar-refractivity contribution < 1.29 is 42.1 Å². The molecule has 1 fully saturated rings. The Balaban J connectivity index is 1.36. The molecule has 0 atom stereocenters. The number of carbonyl (C=O) groups excluding carboxylic acids is 2. The number of benzene rings is 3. The molecule has 1 saturated heterocycles. The molecule has 14 heteroatoms. The first kappa shape index (κ1) is 37.0. The zero-order chi connectivity index (χ0) is 36.0. The normalized spacial score (nSPS) is 14.0. The van der Waals surface area contributed by atoms with E-state index in [0.29, 0.717) is 48.5 Å². The number of likely N-dealkylation sites (tertiary alicyclic amines) is 1. The first-order valence-electron chi connectivity index (χ1n) is 15.8. The maximum Gasteiger partial charge on any atom is 0.425 e. The molecule has 3 aromatic rings. The summed E-state index contributed by atoms with van der Waals surface area (Å²) < 4.78 is 44.9. The molecule has 0 saturated carbocycles. The number of carboxylic acid groups (broad SMARTS) is 1. The van der Waals surface area contributed by atoms with Crippen molar-refractivity contribution in [3.63, 3.8) is 0 Å². The minimum Gasteiger partial charge on any atom is -0.490 e. The maximum atomic E-state index is 12.9. The number of piperidine rings is 1.